The number of hydrogen-bond donors (Lipinski definition) is 0. The molecule has 2 rings (SSSR count). The highest BCUT2D eigenvalue weighted by molar-refractivity contribution is 7.16. The van der Waals surface area contributed by atoms with Gasteiger partial charge in [0.15, 0.2) is 11.3 Å². The van der Waals surface area contributed by atoms with Crippen LogP contribution < -0.4 is 0 Å². The van der Waals surface area contributed by atoms with Gasteiger partial charge in [-0.15, -0.1) is 22.7 Å². The lowest BCUT2D eigenvalue weighted by molar-refractivity contribution is 0.112. The molecule has 3 nitrogen and oxygen atoms in total. The van der Waals surface area contributed by atoms with E-state index in [1.54, 1.807) is 11.3 Å². The Labute approximate surface area is 89.5 Å². The van der Waals surface area contributed by atoms with Crippen molar-refractivity contribution in [2.24, 2.45) is 0 Å². The Morgan fingerprint density at radius 3 is 2.64 bits per heavy atom. The van der Waals surface area contributed by atoms with E-state index in [0.717, 1.165) is 27.6 Å². The van der Waals surface area contributed by atoms with Crippen LogP contribution in [0.3, 0.4) is 0 Å². The Hall–Kier alpha value is -1.07. The fourth-order valence-electron chi connectivity index (χ4n) is 1.21. The molecule has 0 spiro atoms. The van der Waals surface area contributed by atoms with Crippen LogP contribution >= 0.6 is 22.7 Å². The summed E-state index contributed by atoms with van der Waals surface area (Å²) in [4.78, 5) is 20.1. The summed E-state index contributed by atoms with van der Waals surface area (Å²) in [7, 11) is 0. The topological polar surface area (TPSA) is 42.9 Å². The molecule has 0 aliphatic heterocycles. The van der Waals surface area contributed by atoms with Crippen LogP contribution in [0.5, 0.6) is 0 Å². The molecule has 0 aromatic carbocycles. The van der Waals surface area contributed by atoms with Gasteiger partial charge >= 0.3 is 0 Å². The molecule has 5 heteroatoms. The summed E-state index contributed by atoms with van der Waals surface area (Å²) in [6.45, 7) is 3.92. The molecule has 0 aliphatic carbocycles. The fourth-order valence-corrected chi connectivity index (χ4v) is 2.78. The molecule has 0 amide bonds. The van der Waals surface area contributed by atoms with E-state index in [1.165, 1.54) is 11.3 Å². The van der Waals surface area contributed by atoms with Gasteiger partial charge in [-0.3, -0.25) is 4.79 Å². The maximum atomic E-state index is 10.5. The second kappa shape index (κ2) is 3.59. The average molecular weight is 224 g/mol. The maximum Gasteiger partial charge on any atom is 0.178 e. The first-order valence-electron chi connectivity index (χ1n) is 4.06. The summed E-state index contributed by atoms with van der Waals surface area (Å²) in [6, 6.07) is 0. The Morgan fingerprint density at radius 1 is 1.36 bits per heavy atom. The van der Waals surface area contributed by atoms with E-state index in [9.17, 15) is 4.79 Å². The number of aromatic nitrogens is 2. The summed E-state index contributed by atoms with van der Waals surface area (Å²) in [6.07, 6.45) is 0.775. The quantitative estimate of drug-likeness (QED) is 0.736. The molecule has 2 aromatic heterocycles. The average Bonchev–Trinajstić information content (AvgIpc) is 2.71. The number of carbonyl (C=O) groups excluding carboxylic acids is 1. The summed E-state index contributed by atoms with van der Waals surface area (Å²) in [5.74, 6) is 0. The molecule has 72 valence electrons. The third kappa shape index (κ3) is 1.60. The molecule has 2 aromatic rings. The first-order valence-corrected chi connectivity index (χ1v) is 5.75. The highest BCUT2D eigenvalue weighted by Gasteiger charge is 2.10. The number of rotatable bonds is 2. The van der Waals surface area contributed by atoms with Crippen molar-refractivity contribution in [2.75, 3.05) is 0 Å². The van der Waals surface area contributed by atoms with Crippen molar-refractivity contribution in [3.8, 4) is 10.6 Å². The van der Waals surface area contributed by atoms with Gasteiger partial charge in [-0.1, -0.05) is 0 Å². The largest absolute Gasteiger partial charge is 0.295 e. The predicted molar refractivity (Wildman–Crippen MR) is 58.1 cm³/mol. The van der Waals surface area contributed by atoms with Crippen LogP contribution in [0.4, 0.5) is 0 Å². The van der Waals surface area contributed by atoms with Crippen molar-refractivity contribution in [3.63, 3.8) is 0 Å². The minimum atomic E-state index is 0.519. The standard InChI is InChI=1S/C9H8N2OS2/c1-5-9(14-6(2)10-5)7-4-13-8(3-12)11-7/h3-4H,1-2H3. The number of hydrogen-bond acceptors (Lipinski definition) is 5. The van der Waals surface area contributed by atoms with Crippen LogP contribution in [0.25, 0.3) is 10.6 Å². The van der Waals surface area contributed by atoms with Gasteiger partial charge in [0, 0.05) is 5.38 Å². The highest BCUT2D eigenvalue weighted by Crippen LogP contribution is 2.29. The number of aryl methyl sites for hydroxylation is 2. The molecule has 0 atom stereocenters. The summed E-state index contributed by atoms with van der Waals surface area (Å²) in [5.41, 5.74) is 1.84. The highest BCUT2D eigenvalue weighted by atomic mass is 32.1. The van der Waals surface area contributed by atoms with E-state index in [-0.39, 0.29) is 0 Å². The van der Waals surface area contributed by atoms with Crippen molar-refractivity contribution in [1.82, 2.24) is 9.97 Å². The maximum absolute atomic E-state index is 10.5. The van der Waals surface area contributed by atoms with E-state index in [1.807, 2.05) is 19.2 Å². The second-order valence-electron chi connectivity index (χ2n) is 2.84. The number of thiazole rings is 2. The Kier molecular flexibility index (Phi) is 2.43. The molecule has 14 heavy (non-hydrogen) atoms. The van der Waals surface area contributed by atoms with Crippen molar-refractivity contribution >= 4 is 29.0 Å². The molecule has 0 N–H and O–H groups in total. The zero-order chi connectivity index (χ0) is 10.1. The van der Waals surface area contributed by atoms with Crippen molar-refractivity contribution in [1.29, 1.82) is 0 Å². The van der Waals surface area contributed by atoms with Crippen molar-refractivity contribution in [2.45, 2.75) is 13.8 Å². The third-order valence-electron chi connectivity index (χ3n) is 1.76. The van der Waals surface area contributed by atoms with Crippen LogP contribution in [0.2, 0.25) is 0 Å². The van der Waals surface area contributed by atoms with Gasteiger partial charge in [0.25, 0.3) is 0 Å². The van der Waals surface area contributed by atoms with Crippen LogP contribution in [0, 0.1) is 13.8 Å². The van der Waals surface area contributed by atoms with Gasteiger partial charge < -0.3 is 0 Å². The lowest BCUT2D eigenvalue weighted by Crippen LogP contribution is -1.80. The fraction of sp³-hybridized carbons (Fsp3) is 0.222. The smallest absolute Gasteiger partial charge is 0.178 e. The monoisotopic (exact) mass is 224 g/mol. The molecule has 0 fully saturated rings. The lowest BCUT2D eigenvalue weighted by Gasteiger charge is -1.89. The third-order valence-corrected chi connectivity index (χ3v) is 3.62. The number of carbonyl (C=O) groups is 1. The number of nitrogens with zero attached hydrogens (tertiary/aromatic N) is 2. The van der Waals surface area contributed by atoms with Crippen LogP contribution in [0.1, 0.15) is 20.5 Å². The van der Waals surface area contributed by atoms with Gasteiger partial charge in [-0.25, -0.2) is 9.97 Å². The predicted octanol–water partition coefficient (Wildman–Crippen LogP) is 2.70. The van der Waals surface area contributed by atoms with Crippen LogP contribution in [0.15, 0.2) is 5.38 Å². The molecular weight excluding hydrogens is 216 g/mol. The molecule has 2 heterocycles. The van der Waals surface area contributed by atoms with Gasteiger partial charge in [0.1, 0.15) is 0 Å². The van der Waals surface area contributed by atoms with E-state index in [2.05, 4.69) is 9.97 Å². The zero-order valence-corrected chi connectivity index (χ0v) is 9.41. The van der Waals surface area contributed by atoms with Crippen molar-refractivity contribution in [3.05, 3.63) is 21.1 Å². The Morgan fingerprint density at radius 2 is 2.14 bits per heavy atom. The molecule has 0 radical (unpaired) electrons. The van der Waals surface area contributed by atoms with E-state index >= 15 is 0 Å². The minimum absolute atomic E-state index is 0.519. The second-order valence-corrected chi connectivity index (χ2v) is 4.93. The first kappa shape index (κ1) is 9.48. The molecule has 0 aliphatic rings. The van der Waals surface area contributed by atoms with Gasteiger partial charge in [0.2, 0.25) is 0 Å². The van der Waals surface area contributed by atoms with Gasteiger partial charge in [0.05, 0.1) is 21.3 Å². The Balaban J connectivity index is 2.48. The van der Waals surface area contributed by atoms with Crippen LogP contribution in [-0.2, 0) is 0 Å². The lowest BCUT2D eigenvalue weighted by atomic mass is 10.3. The molecule has 0 saturated carbocycles. The first-order chi connectivity index (χ1) is 6.70. The minimum Gasteiger partial charge on any atom is -0.295 e. The number of aldehydes is 1. The molecular formula is C9H8N2OS2. The summed E-state index contributed by atoms with van der Waals surface area (Å²) >= 11 is 2.97. The molecule has 0 saturated heterocycles. The van der Waals surface area contributed by atoms with Gasteiger partial charge in [-0.05, 0) is 13.8 Å². The normalized spacial score (nSPS) is 10.4. The Bertz CT molecular complexity index is 473. The van der Waals surface area contributed by atoms with Gasteiger partial charge in [-0.2, -0.15) is 0 Å². The SMILES string of the molecule is Cc1nc(C)c(-c2csc(C=O)n2)s1. The molecule has 0 unspecified atom stereocenters. The van der Waals surface area contributed by atoms with Crippen LogP contribution in [-0.4, -0.2) is 16.3 Å². The van der Waals surface area contributed by atoms with E-state index in [4.69, 9.17) is 0 Å². The zero-order valence-electron chi connectivity index (χ0n) is 7.77. The van der Waals surface area contributed by atoms with E-state index < -0.39 is 0 Å². The summed E-state index contributed by atoms with van der Waals surface area (Å²) in [5, 5.41) is 3.44. The van der Waals surface area contributed by atoms with E-state index in [0.29, 0.717) is 5.01 Å². The molecule has 0 bridgehead atoms. The summed E-state index contributed by atoms with van der Waals surface area (Å²) < 4.78 is 0. The van der Waals surface area contributed by atoms with Crippen molar-refractivity contribution < 1.29 is 4.79 Å².